The van der Waals surface area contributed by atoms with Gasteiger partial charge in [-0.1, -0.05) is 137 Å². The third kappa shape index (κ3) is 6.25. The first kappa shape index (κ1) is 29.9. The molecule has 1 heterocycles. The first-order valence-electron chi connectivity index (χ1n) is 14.6. The molecule has 42 heavy (non-hydrogen) atoms. The van der Waals surface area contributed by atoms with Gasteiger partial charge < -0.3 is 9.88 Å². The molecule has 0 saturated carbocycles. The predicted molar refractivity (Wildman–Crippen MR) is 178 cm³/mol. The third-order valence-corrected chi connectivity index (χ3v) is 13.4. The van der Waals surface area contributed by atoms with Crippen molar-refractivity contribution < 1.29 is 9.59 Å². The van der Waals surface area contributed by atoms with E-state index in [4.69, 9.17) is 0 Å². The Morgan fingerprint density at radius 3 is 1.57 bits per heavy atom. The monoisotopic (exact) mass is 592 g/mol. The van der Waals surface area contributed by atoms with Gasteiger partial charge in [-0.2, -0.15) is 0 Å². The molecule has 3 atom stereocenters. The SMILES string of the molecule is CC(=O)N[C@@H]1C(=O)N([SiH2]C(C)C(C)(C)C)[C@@H]1SC(c1ccccc1)(c1ccccc1)c1ccccc1.c1cc2cc-2c1. The Bertz CT molecular complexity index is 1410. The summed E-state index contributed by atoms with van der Waals surface area (Å²) in [5.41, 5.74) is 6.86. The van der Waals surface area contributed by atoms with E-state index in [1.807, 2.05) is 18.2 Å². The van der Waals surface area contributed by atoms with E-state index in [1.165, 1.54) is 18.1 Å². The molecule has 0 aromatic heterocycles. The van der Waals surface area contributed by atoms with Crippen LogP contribution >= 0.6 is 11.8 Å². The maximum Gasteiger partial charge on any atom is 0.240 e. The number of nitrogens with one attached hydrogen (secondary N) is 1. The van der Waals surface area contributed by atoms with Crippen molar-refractivity contribution in [1.82, 2.24) is 9.88 Å². The Morgan fingerprint density at radius 1 is 0.786 bits per heavy atom. The van der Waals surface area contributed by atoms with Crippen LogP contribution < -0.4 is 5.32 Å². The molecule has 1 N–H and O–H groups in total. The number of hydrogen-bond donors (Lipinski definition) is 1. The lowest BCUT2D eigenvalue weighted by Crippen LogP contribution is -2.71. The number of benzene rings is 4. The van der Waals surface area contributed by atoms with E-state index in [2.05, 4.69) is 135 Å². The van der Waals surface area contributed by atoms with E-state index >= 15 is 0 Å². The van der Waals surface area contributed by atoms with Crippen LogP contribution in [0.4, 0.5) is 0 Å². The fourth-order valence-electron chi connectivity index (χ4n) is 5.35. The van der Waals surface area contributed by atoms with E-state index in [0.717, 1.165) is 16.7 Å². The number of carbonyl (C=O) groups excluding carboxylic acids is 2. The first-order valence-corrected chi connectivity index (χ1v) is 17.0. The van der Waals surface area contributed by atoms with E-state index in [0.29, 0.717) is 5.54 Å². The van der Waals surface area contributed by atoms with Gasteiger partial charge in [-0.15, -0.1) is 11.8 Å². The molecule has 1 aliphatic heterocycles. The number of thioether (sulfide) groups is 1. The van der Waals surface area contributed by atoms with Gasteiger partial charge in [0.25, 0.3) is 0 Å². The third-order valence-electron chi connectivity index (χ3n) is 8.40. The summed E-state index contributed by atoms with van der Waals surface area (Å²) < 4.78 is 1.55. The molecule has 1 saturated heterocycles. The van der Waals surface area contributed by atoms with E-state index in [-0.39, 0.29) is 22.6 Å². The highest BCUT2D eigenvalue weighted by atomic mass is 32.2. The van der Waals surface area contributed by atoms with Crippen LogP contribution in [-0.2, 0) is 14.3 Å². The molecule has 2 aliphatic carbocycles. The van der Waals surface area contributed by atoms with Gasteiger partial charge in [-0.3, -0.25) is 9.59 Å². The molecule has 3 aliphatic rings. The molecule has 3 aromatic rings. The number of β-lactam (4-membered cyclic amide) rings is 1. The second-order valence-corrected chi connectivity index (χ2v) is 15.9. The van der Waals surface area contributed by atoms with Crippen molar-refractivity contribution in [1.29, 1.82) is 0 Å². The van der Waals surface area contributed by atoms with Gasteiger partial charge >= 0.3 is 0 Å². The smallest absolute Gasteiger partial charge is 0.240 e. The molecule has 2 amide bonds. The largest absolute Gasteiger partial charge is 0.359 e. The molecule has 6 heteroatoms. The highest BCUT2D eigenvalue weighted by Crippen LogP contribution is 2.53. The maximum absolute atomic E-state index is 13.4. The summed E-state index contributed by atoms with van der Waals surface area (Å²) >= 11 is 1.78. The normalized spacial score (nSPS) is 18.1. The molecule has 1 unspecified atom stereocenters. The van der Waals surface area contributed by atoms with Crippen molar-refractivity contribution in [3.8, 4) is 11.1 Å². The maximum atomic E-state index is 13.4. The Hall–Kier alpha value is -3.61. The second-order valence-electron chi connectivity index (χ2n) is 12.3. The average molecular weight is 593 g/mol. The van der Waals surface area contributed by atoms with Crippen LogP contribution in [0.1, 0.15) is 51.3 Å². The summed E-state index contributed by atoms with van der Waals surface area (Å²) in [5.74, 6) is -0.123. The average Bonchev–Trinajstić information content (AvgIpc) is 3.60. The zero-order valence-corrected chi connectivity index (χ0v) is 27.3. The number of fused-ring (bicyclic) bond motifs is 1. The lowest BCUT2D eigenvalue weighted by molar-refractivity contribution is -0.141. The fraction of sp³-hybridized carbons (Fsp3) is 0.278. The molecule has 216 valence electrons. The molecule has 4 nitrogen and oxygen atoms in total. The van der Waals surface area contributed by atoms with Gasteiger partial charge in [0.05, 0.1) is 4.75 Å². The minimum atomic E-state index is -0.915. The summed E-state index contributed by atoms with van der Waals surface area (Å²) in [5, 5.41) is 2.82. The predicted octanol–water partition coefficient (Wildman–Crippen LogP) is 6.99. The molecule has 6 rings (SSSR count). The van der Waals surface area contributed by atoms with Gasteiger partial charge in [0.15, 0.2) is 0 Å². The Morgan fingerprint density at radius 2 is 1.24 bits per heavy atom. The van der Waals surface area contributed by atoms with Gasteiger partial charge in [0.1, 0.15) is 21.1 Å². The van der Waals surface area contributed by atoms with Gasteiger partial charge in [0.2, 0.25) is 11.8 Å². The van der Waals surface area contributed by atoms with Gasteiger partial charge in [-0.05, 0) is 44.8 Å². The Kier molecular flexibility index (Phi) is 8.76. The van der Waals surface area contributed by atoms with E-state index in [1.54, 1.807) is 11.8 Å². The van der Waals surface area contributed by atoms with Crippen molar-refractivity contribution >= 4 is 33.3 Å². The van der Waals surface area contributed by atoms with Gasteiger partial charge in [0, 0.05) is 6.92 Å². The zero-order chi connectivity index (χ0) is 29.9. The Balaban J connectivity index is 0.000000513. The van der Waals surface area contributed by atoms with Crippen LogP contribution in [0.25, 0.3) is 11.1 Å². The number of rotatable bonds is 8. The highest BCUT2D eigenvalue weighted by Gasteiger charge is 2.53. The summed E-state index contributed by atoms with van der Waals surface area (Å²) in [6.07, 6.45) is 0. The van der Waals surface area contributed by atoms with Crippen LogP contribution in [0.3, 0.4) is 0 Å². The van der Waals surface area contributed by atoms with Crippen molar-refractivity contribution in [2.75, 3.05) is 0 Å². The molecular formula is C36H40N2O2SSi. The molecule has 0 spiro atoms. The lowest BCUT2D eigenvalue weighted by Gasteiger charge is -2.52. The number of hydrogen-bond acceptors (Lipinski definition) is 3. The fourth-order valence-corrected chi connectivity index (χ4v) is 9.49. The van der Waals surface area contributed by atoms with Crippen molar-refractivity contribution in [3.05, 3.63) is 132 Å². The van der Waals surface area contributed by atoms with E-state index in [9.17, 15) is 9.59 Å². The summed E-state index contributed by atoms with van der Waals surface area (Å²) in [6.45, 7) is 10.5. The van der Waals surface area contributed by atoms with Gasteiger partial charge in [-0.25, -0.2) is 0 Å². The molecule has 0 radical (unpaired) electrons. The molecular weight excluding hydrogens is 553 g/mol. The second kappa shape index (κ2) is 12.3. The summed E-state index contributed by atoms with van der Waals surface area (Å²) in [7, 11) is -0.915. The quantitative estimate of drug-likeness (QED) is 0.120. The number of amides is 2. The van der Waals surface area contributed by atoms with Crippen LogP contribution in [0.5, 0.6) is 0 Å². The van der Waals surface area contributed by atoms with Crippen LogP contribution in [0.2, 0.25) is 5.54 Å². The van der Waals surface area contributed by atoms with Crippen LogP contribution in [-0.4, -0.2) is 37.5 Å². The summed E-state index contributed by atoms with van der Waals surface area (Å²) in [4.78, 5) is 25.5. The lowest BCUT2D eigenvalue weighted by atomic mass is 9.84. The van der Waals surface area contributed by atoms with E-state index < -0.39 is 20.5 Å². The van der Waals surface area contributed by atoms with Crippen LogP contribution in [0, 0.1) is 5.41 Å². The number of carbonyl (C=O) groups is 2. The highest BCUT2D eigenvalue weighted by molar-refractivity contribution is 8.01. The summed E-state index contributed by atoms with van der Waals surface area (Å²) in [6, 6.07) is 39.5. The number of nitrogens with zero attached hydrogens (tertiary/aromatic N) is 1. The molecule has 3 aromatic carbocycles. The minimum absolute atomic E-state index is 0.0496. The van der Waals surface area contributed by atoms with Crippen LogP contribution in [0.15, 0.2) is 115 Å². The Labute approximate surface area is 256 Å². The minimum Gasteiger partial charge on any atom is -0.359 e. The van der Waals surface area contributed by atoms with Crippen molar-refractivity contribution in [3.63, 3.8) is 0 Å². The molecule has 1 fully saturated rings. The topological polar surface area (TPSA) is 49.4 Å². The zero-order valence-electron chi connectivity index (χ0n) is 25.1. The first-order chi connectivity index (χ1) is 20.1. The van der Waals surface area contributed by atoms with Crippen molar-refractivity contribution in [2.45, 2.75) is 56.3 Å². The standard InChI is InChI=1S/C30H36N2O2SSi.C6H4/c1-21(29(3,4)5)36-32-27(34)26(31-22(2)33)28(32)35-30(23-15-9-6-10-16-23,24-17-11-7-12-18-24)25-19-13-8-14-20-25;1-2-5-4-6(5)3-1/h6-21,26,28H,36H2,1-5H3,(H,31,33);1-4H/t21?,26-,28-;/m1./s1. The van der Waals surface area contributed by atoms with Crippen molar-refractivity contribution in [2.24, 2.45) is 5.41 Å². The molecule has 0 bridgehead atoms.